The Labute approximate surface area is 78.3 Å². The molecule has 0 atom stereocenters. The van der Waals surface area contributed by atoms with Crippen molar-refractivity contribution >= 4 is 26.8 Å². The number of rotatable bonds is 0. The number of benzene rings is 1. The minimum Gasteiger partial charge on any atom is -0.507 e. The molecule has 0 aliphatic heterocycles. The first kappa shape index (κ1) is 7.68. The number of aryl methyl sites for hydroxylation is 1. The SMILES string of the molecule is Cc1cc2cc(Br)c(O)cc2[nH]1. The van der Waals surface area contributed by atoms with Gasteiger partial charge in [-0.3, -0.25) is 0 Å². The van der Waals surface area contributed by atoms with E-state index < -0.39 is 0 Å². The van der Waals surface area contributed by atoms with Crippen molar-refractivity contribution in [3.63, 3.8) is 0 Å². The van der Waals surface area contributed by atoms with Crippen LogP contribution in [0.3, 0.4) is 0 Å². The summed E-state index contributed by atoms with van der Waals surface area (Å²) in [5, 5.41) is 10.5. The highest BCUT2D eigenvalue weighted by molar-refractivity contribution is 9.10. The van der Waals surface area contributed by atoms with E-state index in [9.17, 15) is 5.11 Å². The van der Waals surface area contributed by atoms with Crippen LogP contribution >= 0.6 is 15.9 Å². The van der Waals surface area contributed by atoms with E-state index >= 15 is 0 Å². The summed E-state index contributed by atoms with van der Waals surface area (Å²) in [7, 11) is 0. The Morgan fingerprint density at radius 1 is 1.33 bits per heavy atom. The molecule has 0 aliphatic rings. The van der Waals surface area contributed by atoms with Gasteiger partial charge in [-0.2, -0.15) is 0 Å². The molecule has 62 valence electrons. The van der Waals surface area contributed by atoms with E-state index in [1.807, 2.05) is 19.1 Å². The normalized spacial score (nSPS) is 10.8. The molecule has 1 aromatic carbocycles. The highest BCUT2D eigenvalue weighted by Crippen LogP contribution is 2.29. The molecular weight excluding hydrogens is 218 g/mol. The summed E-state index contributed by atoms with van der Waals surface area (Å²) in [6.07, 6.45) is 0. The van der Waals surface area contributed by atoms with Crippen molar-refractivity contribution in [2.75, 3.05) is 0 Å². The average Bonchev–Trinajstić information content (AvgIpc) is 2.30. The predicted molar refractivity (Wildman–Crippen MR) is 52.4 cm³/mol. The third-order valence-corrected chi connectivity index (χ3v) is 2.46. The van der Waals surface area contributed by atoms with Crippen molar-refractivity contribution in [1.82, 2.24) is 4.98 Å². The molecule has 0 fully saturated rings. The lowest BCUT2D eigenvalue weighted by molar-refractivity contribution is 0.473. The monoisotopic (exact) mass is 225 g/mol. The summed E-state index contributed by atoms with van der Waals surface area (Å²) in [5.41, 5.74) is 2.07. The minimum absolute atomic E-state index is 0.268. The van der Waals surface area contributed by atoms with Crippen LogP contribution in [0.25, 0.3) is 10.9 Å². The molecule has 1 heterocycles. The number of nitrogens with one attached hydrogen (secondary N) is 1. The summed E-state index contributed by atoms with van der Waals surface area (Å²) in [5.74, 6) is 0.268. The van der Waals surface area contributed by atoms with Crippen LogP contribution in [0.15, 0.2) is 22.7 Å². The zero-order chi connectivity index (χ0) is 8.72. The highest BCUT2D eigenvalue weighted by Gasteiger charge is 2.02. The van der Waals surface area contributed by atoms with Crippen molar-refractivity contribution in [2.24, 2.45) is 0 Å². The summed E-state index contributed by atoms with van der Waals surface area (Å²) in [6, 6.07) is 5.65. The Kier molecular flexibility index (Phi) is 1.61. The van der Waals surface area contributed by atoms with Gasteiger partial charge in [0.15, 0.2) is 0 Å². The standard InChI is InChI=1S/C9H8BrNO/c1-5-2-6-3-7(10)9(12)4-8(6)11-5/h2-4,11-12H,1H3. The summed E-state index contributed by atoms with van der Waals surface area (Å²) in [6.45, 7) is 1.99. The molecule has 0 saturated heterocycles. The number of hydrogen-bond acceptors (Lipinski definition) is 1. The summed E-state index contributed by atoms with van der Waals surface area (Å²) >= 11 is 3.26. The van der Waals surface area contributed by atoms with Crippen molar-refractivity contribution in [2.45, 2.75) is 6.92 Å². The fourth-order valence-electron chi connectivity index (χ4n) is 1.29. The molecule has 2 rings (SSSR count). The molecule has 12 heavy (non-hydrogen) atoms. The molecule has 2 nitrogen and oxygen atoms in total. The van der Waals surface area contributed by atoms with Crippen molar-refractivity contribution in [3.8, 4) is 5.75 Å². The number of phenols is 1. The second-order valence-corrected chi connectivity index (χ2v) is 3.70. The Balaban J connectivity index is 2.83. The van der Waals surface area contributed by atoms with Crippen LogP contribution in [-0.2, 0) is 0 Å². The molecule has 0 saturated carbocycles. The molecule has 0 radical (unpaired) electrons. The Morgan fingerprint density at radius 3 is 2.83 bits per heavy atom. The smallest absolute Gasteiger partial charge is 0.131 e. The van der Waals surface area contributed by atoms with Gasteiger partial charge < -0.3 is 10.1 Å². The van der Waals surface area contributed by atoms with Crippen molar-refractivity contribution in [3.05, 3.63) is 28.4 Å². The van der Waals surface area contributed by atoms with Crippen molar-refractivity contribution in [1.29, 1.82) is 0 Å². The Hall–Kier alpha value is -0.960. The van der Waals surface area contributed by atoms with Gasteiger partial charge in [-0.05, 0) is 35.0 Å². The zero-order valence-corrected chi connectivity index (χ0v) is 8.14. The van der Waals surface area contributed by atoms with Gasteiger partial charge in [0.25, 0.3) is 0 Å². The molecule has 0 aliphatic carbocycles. The molecular formula is C9H8BrNO. The molecule has 2 N–H and O–H groups in total. The van der Waals surface area contributed by atoms with E-state index in [1.165, 1.54) is 0 Å². The number of hydrogen-bond donors (Lipinski definition) is 2. The van der Waals surface area contributed by atoms with Crippen LogP contribution in [-0.4, -0.2) is 10.1 Å². The number of H-pyrrole nitrogens is 1. The maximum absolute atomic E-state index is 9.36. The first-order valence-corrected chi connectivity index (χ1v) is 4.44. The average molecular weight is 226 g/mol. The van der Waals surface area contributed by atoms with E-state index in [1.54, 1.807) is 6.07 Å². The van der Waals surface area contributed by atoms with Crippen LogP contribution in [0.1, 0.15) is 5.69 Å². The van der Waals surface area contributed by atoms with E-state index in [2.05, 4.69) is 20.9 Å². The number of aromatic hydroxyl groups is 1. The van der Waals surface area contributed by atoms with E-state index in [-0.39, 0.29) is 5.75 Å². The van der Waals surface area contributed by atoms with Gasteiger partial charge in [0, 0.05) is 22.7 Å². The number of aromatic nitrogens is 1. The summed E-state index contributed by atoms with van der Waals surface area (Å²) in [4.78, 5) is 3.15. The van der Waals surface area contributed by atoms with Gasteiger partial charge in [-0.15, -0.1) is 0 Å². The Bertz CT molecular complexity index is 394. The van der Waals surface area contributed by atoms with Crippen molar-refractivity contribution < 1.29 is 5.11 Å². The van der Waals surface area contributed by atoms with Gasteiger partial charge >= 0.3 is 0 Å². The molecule has 0 amide bonds. The predicted octanol–water partition coefficient (Wildman–Crippen LogP) is 2.94. The number of aromatic amines is 1. The quantitative estimate of drug-likeness (QED) is 0.711. The topological polar surface area (TPSA) is 36.0 Å². The van der Waals surface area contributed by atoms with E-state index in [0.717, 1.165) is 21.1 Å². The zero-order valence-electron chi connectivity index (χ0n) is 6.56. The van der Waals surface area contributed by atoms with Gasteiger partial charge in [0.05, 0.1) is 4.47 Å². The van der Waals surface area contributed by atoms with E-state index in [0.29, 0.717) is 0 Å². The Morgan fingerprint density at radius 2 is 2.08 bits per heavy atom. The lowest BCUT2D eigenvalue weighted by Gasteiger charge is -1.95. The first-order valence-electron chi connectivity index (χ1n) is 3.64. The maximum atomic E-state index is 9.36. The largest absolute Gasteiger partial charge is 0.507 e. The number of halogens is 1. The van der Waals surface area contributed by atoms with Gasteiger partial charge in [-0.1, -0.05) is 0 Å². The highest BCUT2D eigenvalue weighted by atomic mass is 79.9. The fraction of sp³-hybridized carbons (Fsp3) is 0.111. The van der Waals surface area contributed by atoms with Crippen LogP contribution in [0.4, 0.5) is 0 Å². The molecule has 3 heteroatoms. The first-order chi connectivity index (χ1) is 5.66. The second-order valence-electron chi connectivity index (χ2n) is 2.84. The molecule has 2 aromatic rings. The fourth-order valence-corrected chi connectivity index (χ4v) is 1.65. The molecule has 0 bridgehead atoms. The lowest BCUT2D eigenvalue weighted by Crippen LogP contribution is -1.70. The van der Waals surface area contributed by atoms with E-state index in [4.69, 9.17) is 0 Å². The number of fused-ring (bicyclic) bond motifs is 1. The van der Waals surface area contributed by atoms with Gasteiger partial charge in [0.1, 0.15) is 5.75 Å². The maximum Gasteiger partial charge on any atom is 0.131 e. The van der Waals surface area contributed by atoms with Crippen LogP contribution in [0, 0.1) is 6.92 Å². The van der Waals surface area contributed by atoms with Gasteiger partial charge in [0.2, 0.25) is 0 Å². The minimum atomic E-state index is 0.268. The number of phenolic OH excluding ortho intramolecular Hbond substituents is 1. The van der Waals surface area contributed by atoms with Crippen LogP contribution in [0.2, 0.25) is 0 Å². The molecule has 0 unspecified atom stereocenters. The third-order valence-electron chi connectivity index (χ3n) is 1.82. The molecule has 1 aromatic heterocycles. The second kappa shape index (κ2) is 2.52. The lowest BCUT2D eigenvalue weighted by atomic mass is 10.2. The van der Waals surface area contributed by atoms with Crippen LogP contribution in [0.5, 0.6) is 5.75 Å². The van der Waals surface area contributed by atoms with Crippen LogP contribution < -0.4 is 0 Å². The van der Waals surface area contributed by atoms with Gasteiger partial charge in [-0.25, -0.2) is 0 Å². The third kappa shape index (κ3) is 1.10. The summed E-state index contributed by atoms with van der Waals surface area (Å²) < 4.78 is 0.731. The molecule has 0 spiro atoms.